The van der Waals surface area contributed by atoms with Crippen LogP contribution in [-0.2, 0) is 11.2 Å². The van der Waals surface area contributed by atoms with Crippen molar-refractivity contribution in [2.75, 3.05) is 6.79 Å². The van der Waals surface area contributed by atoms with Crippen molar-refractivity contribution < 1.29 is 32.4 Å². The predicted molar refractivity (Wildman–Crippen MR) is 102 cm³/mol. The van der Waals surface area contributed by atoms with Gasteiger partial charge in [0.1, 0.15) is 0 Å². The highest BCUT2D eigenvalue weighted by molar-refractivity contribution is 6.14. The SMILES string of the molecule is CC1(C#N)Cc2cc3c(cc2C(c2ccc([N+](=O)[O-])cc2)=NN1C(=O)C(F)(F)F)OCO3. The number of fused-ring (bicyclic) bond motifs is 2. The normalized spacial score (nSPS) is 19.5. The van der Waals surface area contributed by atoms with E-state index in [0.29, 0.717) is 22.6 Å². The van der Waals surface area contributed by atoms with Crippen molar-refractivity contribution in [3.05, 3.63) is 63.2 Å². The number of carbonyl (C=O) groups is 1. The summed E-state index contributed by atoms with van der Waals surface area (Å²) in [6.07, 6.45) is -5.57. The van der Waals surface area contributed by atoms with E-state index in [1.54, 1.807) is 6.07 Å². The average molecular weight is 446 g/mol. The van der Waals surface area contributed by atoms with E-state index >= 15 is 0 Å². The molecular weight excluding hydrogens is 433 g/mol. The van der Waals surface area contributed by atoms with E-state index in [1.807, 2.05) is 0 Å². The summed E-state index contributed by atoms with van der Waals surface area (Å²) in [6, 6.07) is 9.71. The van der Waals surface area contributed by atoms with Crippen LogP contribution in [0.15, 0.2) is 41.5 Å². The molecule has 9 nitrogen and oxygen atoms in total. The van der Waals surface area contributed by atoms with Gasteiger partial charge in [-0.1, -0.05) is 0 Å². The molecule has 0 aromatic heterocycles. The molecule has 0 radical (unpaired) electrons. The summed E-state index contributed by atoms with van der Waals surface area (Å²) in [5.74, 6) is -1.66. The Hall–Kier alpha value is -4.14. The van der Waals surface area contributed by atoms with Crippen molar-refractivity contribution in [3.8, 4) is 17.6 Å². The van der Waals surface area contributed by atoms with Gasteiger partial charge in [-0.05, 0) is 36.8 Å². The van der Waals surface area contributed by atoms with Gasteiger partial charge in [-0.2, -0.15) is 23.5 Å². The topological polar surface area (TPSA) is 118 Å². The number of ether oxygens (including phenoxy) is 2. The molecule has 0 spiro atoms. The number of nitriles is 1. The Morgan fingerprint density at radius 2 is 1.88 bits per heavy atom. The van der Waals surface area contributed by atoms with E-state index in [9.17, 15) is 33.3 Å². The molecule has 164 valence electrons. The summed E-state index contributed by atoms with van der Waals surface area (Å²) in [6.45, 7) is 1.11. The Labute approximate surface area is 178 Å². The van der Waals surface area contributed by atoms with E-state index in [2.05, 4.69) is 5.10 Å². The maximum absolute atomic E-state index is 13.4. The highest BCUT2D eigenvalue weighted by Crippen LogP contribution is 2.40. The number of nitro benzene ring substituents is 1. The van der Waals surface area contributed by atoms with E-state index in [0.717, 1.165) is 12.1 Å². The lowest BCUT2D eigenvalue weighted by atomic mass is 9.88. The van der Waals surface area contributed by atoms with Gasteiger partial charge in [-0.15, -0.1) is 0 Å². The van der Waals surface area contributed by atoms with Crippen LogP contribution in [0.3, 0.4) is 0 Å². The molecule has 1 amide bonds. The number of benzene rings is 2. The van der Waals surface area contributed by atoms with Crippen molar-refractivity contribution >= 4 is 17.3 Å². The summed E-state index contributed by atoms with van der Waals surface area (Å²) >= 11 is 0. The zero-order valence-corrected chi connectivity index (χ0v) is 16.3. The molecule has 0 N–H and O–H groups in total. The zero-order valence-electron chi connectivity index (χ0n) is 16.3. The smallest absolute Gasteiger partial charge is 0.454 e. The molecular formula is C20H13F3N4O5. The van der Waals surface area contributed by atoms with Crippen LogP contribution in [0.4, 0.5) is 18.9 Å². The lowest BCUT2D eigenvalue weighted by Gasteiger charge is -2.31. The molecule has 4 rings (SSSR count). The average Bonchev–Trinajstić information content (AvgIpc) is 3.15. The first kappa shape index (κ1) is 21.1. The Kier molecular flexibility index (Phi) is 4.77. The van der Waals surface area contributed by atoms with Crippen molar-refractivity contribution in [3.63, 3.8) is 0 Å². The fourth-order valence-corrected chi connectivity index (χ4v) is 3.49. The highest BCUT2D eigenvalue weighted by atomic mass is 19.4. The largest absolute Gasteiger partial charge is 0.473 e. The van der Waals surface area contributed by atoms with Crippen LogP contribution in [0.1, 0.15) is 23.6 Å². The van der Waals surface area contributed by atoms with Crippen LogP contribution in [-0.4, -0.2) is 40.1 Å². The number of nitrogens with zero attached hydrogens (tertiary/aromatic N) is 4. The lowest BCUT2D eigenvalue weighted by Crippen LogP contribution is -2.51. The lowest BCUT2D eigenvalue weighted by molar-refractivity contribution is -0.384. The van der Waals surface area contributed by atoms with Crippen molar-refractivity contribution in [2.45, 2.75) is 25.1 Å². The zero-order chi connectivity index (χ0) is 23.3. The maximum Gasteiger partial charge on any atom is 0.473 e. The number of rotatable bonds is 2. The van der Waals surface area contributed by atoms with Crippen molar-refractivity contribution in [1.82, 2.24) is 5.01 Å². The van der Waals surface area contributed by atoms with Gasteiger partial charge >= 0.3 is 12.1 Å². The van der Waals surface area contributed by atoms with Crippen LogP contribution in [0.5, 0.6) is 11.5 Å². The van der Waals surface area contributed by atoms with Crippen molar-refractivity contribution in [1.29, 1.82) is 5.26 Å². The molecule has 2 heterocycles. The van der Waals surface area contributed by atoms with Crippen LogP contribution in [0, 0.1) is 21.4 Å². The number of hydrazone groups is 1. The van der Waals surface area contributed by atoms with Gasteiger partial charge < -0.3 is 9.47 Å². The molecule has 1 atom stereocenters. The molecule has 0 saturated heterocycles. The maximum atomic E-state index is 13.4. The summed E-state index contributed by atoms with van der Waals surface area (Å²) < 4.78 is 50.8. The molecule has 0 saturated carbocycles. The molecule has 0 aliphatic carbocycles. The number of hydrogen-bond donors (Lipinski definition) is 0. The van der Waals surface area contributed by atoms with Crippen molar-refractivity contribution in [2.24, 2.45) is 5.10 Å². The molecule has 2 aromatic carbocycles. The first-order chi connectivity index (χ1) is 15.0. The summed E-state index contributed by atoms with van der Waals surface area (Å²) in [7, 11) is 0. The minimum atomic E-state index is -5.29. The first-order valence-corrected chi connectivity index (χ1v) is 9.12. The molecule has 0 bridgehead atoms. The number of alkyl halides is 3. The van der Waals surface area contributed by atoms with E-state index in [4.69, 9.17) is 9.47 Å². The summed E-state index contributed by atoms with van der Waals surface area (Å²) in [5.41, 5.74) is -1.38. The number of hydrogen-bond acceptors (Lipinski definition) is 7. The molecule has 2 aliphatic heterocycles. The number of carbonyl (C=O) groups excluding carboxylic acids is 1. The Morgan fingerprint density at radius 1 is 1.25 bits per heavy atom. The predicted octanol–water partition coefficient (Wildman–Crippen LogP) is 3.31. The monoisotopic (exact) mass is 446 g/mol. The Balaban J connectivity index is 1.97. The minimum absolute atomic E-state index is 0.0591. The molecule has 2 aromatic rings. The van der Waals surface area contributed by atoms with Gasteiger partial charge in [0.2, 0.25) is 6.79 Å². The molecule has 0 fully saturated rings. The first-order valence-electron chi connectivity index (χ1n) is 9.12. The number of halogens is 3. The molecule has 32 heavy (non-hydrogen) atoms. The van der Waals surface area contributed by atoms with Crippen LogP contribution in [0.2, 0.25) is 0 Å². The third-order valence-corrected chi connectivity index (χ3v) is 5.08. The quantitative estimate of drug-likeness (QED) is 0.516. The van der Waals surface area contributed by atoms with Gasteiger partial charge in [0.05, 0.1) is 16.7 Å². The van der Waals surface area contributed by atoms with Crippen LogP contribution in [0.25, 0.3) is 0 Å². The number of non-ortho nitro benzene ring substituents is 1. The minimum Gasteiger partial charge on any atom is -0.454 e. The number of nitro groups is 1. The molecule has 2 aliphatic rings. The number of amides is 1. The second-order valence-corrected chi connectivity index (χ2v) is 7.29. The second kappa shape index (κ2) is 7.23. The highest BCUT2D eigenvalue weighted by Gasteiger charge is 2.51. The molecule has 12 heteroatoms. The Bertz CT molecular complexity index is 1200. The standard InChI is InChI=1S/C20H13F3N4O5/c1-19(9-24)8-12-6-15-16(32-10-31-15)7-14(12)17(25-26(19)18(28)20(21,22)23)11-2-4-13(5-3-11)27(29)30/h2-7H,8,10H2,1H3. The van der Waals surface area contributed by atoms with Gasteiger partial charge in [0, 0.05) is 29.7 Å². The van der Waals surface area contributed by atoms with Gasteiger partial charge in [-0.3, -0.25) is 14.9 Å². The van der Waals surface area contributed by atoms with Gasteiger partial charge in [0.15, 0.2) is 17.0 Å². The van der Waals surface area contributed by atoms with Crippen LogP contribution < -0.4 is 9.47 Å². The van der Waals surface area contributed by atoms with Gasteiger partial charge in [-0.25, -0.2) is 5.01 Å². The fourth-order valence-electron chi connectivity index (χ4n) is 3.49. The van der Waals surface area contributed by atoms with E-state index < -0.39 is 22.5 Å². The fraction of sp³-hybridized carbons (Fsp3) is 0.250. The van der Waals surface area contributed by atoms with E-state index in [-0.39, 0.29) is 35.2 Å². The second-order valence-electron chi connectivity index (χ2n) is 7.29. The third kappa shape index (κ3) is 3.47. The Morgan fingerprint density at radius 3 is 2.44 bits per heavy atom. The third-order valence-electron chi connectivity index (χ3n) is 5.08. The van der Waals surface area contributed by atoms with E-state index in [1.165, 1.54) is 31.2 Å². The molecule has 1 unspecified atom stereocenters. The van der Waals surface area contributed by atoms with Crippen LogP contribution >= 0.6 is 0 Å². The van der Waals surface area contributed by atoms with Gasteiger partial charge in [0.25, 0.3) is 5.69 Å². The summed E-state index contributed by atoms with van der Waals surface area (Å²) in [5, 5.41) is 24.8. The summed E-state index contributed by atoms with van der Waals surface area (Å²) in [4.78, 5) is 22.6.